The number of rotatable bonds is 6. The van der Waals surface area contributed by atoms with Crippen molar-refractivity contribution in [1.82, 2.24) is 5.32 Å². The van der Waals surface area contributed by atoms with Gasteiger partial charge < -0.3 is 5.32 Å². The molecule has 2 rings (SSSR count). The van der Waals surface area contributed by atoms with E-state index >= 15 is 0 Å². The summed E-state index contributed by atoms with van der Waals surface area (Å²) in [7, 11) is -0.847. The third kappa shape index (κ3) is 4.00. The van der Waals surface area contributed by atoms with Gasteiger partial charge in [0.15, 0.2) is 0 Å². The summed E-state index contributed by atoms with van der Waals surface area (Å²) < 4.78 is 12.9. The van der Waals surface area contributed by atoms with Crippen molar-refractivity contribution in [3.63, 3.8) is 0 Å². The van der Waals surface area contributed by atoms with Gasteiger partial charge in [-0.25, -0.2) is 0 Å². The lowest BCUT2D eigenvalue weighted by Gasteiger charge is -2.03. The van der Waals surface area contributed by atoms with Crippen molar-refractivity contribution in [3.8, 4) is 0 Å². The molecule has 1 unspecified atom stereocenters. The quantitative estimate of drug-likeness (QED) is 0.819. The fraction of sp³-hybridized carbons (Fsp3) is 0.500. The molecule has 1 atom stereocenters. The van der Waals surface area contributed by atoms with Gasteiger partial charge in [0, 0.05) is 21.2 Å². The van der Waals surface area contributed by atoms with Crippen LogP contribution in [0.5, 0.6) is 0 Å². The summed E-state index contributed by atoms with van der Waals surface area (Å²) in [6, 6.07) is 8.48. The first-order valence-corrected chi connectivity index (χ1v) is 7.74. The van der Waals surface area contributed by atoms with Gasteiger partial charge in [-0.3, -0.25) is 4.21 Å². The molecule has 1 aromatic carbocycles. The van der Waals surface area contributed by atoms with E-state index in [-0.39, 0.29) is 0 Å². The summed E-state index contributed by atoms with van der Waals surface area (Å²) in [6.45, 7) is 0.993. The summed E-state index contributed by atoms with van der Waals surface area (Å²) in [6.07, 6.45) is 3.62. The highest BCUT2D eigenvalue weighted by Gasteiger charge is 2.19. The Labute approximate surface area is 107 Å². The maximum atomic E-state index is 11.9. The van der Waals surface area contributed by atoms with E-state index in [1.54, 1.807) is 0 Å². The lowest BCUT2D eigenvalue weighted by atomic mass is 10.4. The molecule has 0 bridgehead atoms. The van der Waals surface area contributed by atoms with Crippen molar-refractivity contribution in [2.75, 3.05) is 12.3 Å². The Morgan fingerprint density at radius 1 is 1.31 bits per heavy atom. The summed E-state index contributed by atoms with van der Waals surface area (Å²) in [5, 5.41) is 3.43. The van der Waals surface area contributed by atoms with E-state index < -0.39 is 10.8 Å². The van der Waals surface area contributed by atoms with Crippen LogP contribution in [0, 0.1) is 0 Å². The zero-order chi connectivity index (χ0) is 11.4. The summed E-state index contributed by atoms with van der Waals surface area (Å²) in [5.41, 5.74) is 0. The highest BCUT2D eigenvalue weighted by molar-refractivity contribution is 9.10. The van der Waals surface area contributed by atoms with Crippen LogP contribution in [0.4, 0.5) is 0 Å². The molecule has 0 saturated heterocycles. The van der Waals surface area contributed by atoms with Gasteiger partial charge in [0.2, 0.25) is 0 Å². The predicted molar refractivity (Wildman–Crippen MR) is 71.1 cm³/mol. The molecule has 88 valence electrons. The number of hydrogen-bond donors (Lipinski definition) is 1. The standard InChI is InChI=1S/C12H16BrNOS/c13-10-2-6-12(7-3-10)16(15)9-1-8-14-11-4-5-11/h2-3,6-7,11,14H,1,4-5,8-9H2. The van der Waals surface area contributed by atoms with Crippen LogP contribution in [0.2, 0.25) is 0 Å². The van der Waals surface area contributed by atoms with Crippen LogP contribution < -0.4 is 5.32 Å². The molecule has 0 heterocycles. The minimum absolute atomic E-state index is 0.751. The third-order valence-electron chi connectivity index (χ3n) is 2.59. The second-order valence-electron chi connectivity index (χ2n) is 4.09. The molecule has 0 spiro atoms. The molecule has 4 heteroatoms. The van der Waals surface area contributed by atoms with Crippen LogP contribution in [0.1, 0.15) is 19.3 Å². The van der Waals surface area contributed by atoms with E-state index in [1.165, 1.54) is 12.8 Å². The maximum Gasteiger partial charge on any atom is 0.0529 e. The molecule has 1 aliphatic carbocycles. The number of nitrogens with one attached hydrogen (secondary N) is 1. The predicted octanol–water partition coefficient (Wildman–Crippen LogP) is 2.70. The zero-order valence-corrected chi connectivity index (χ0v) is 11.5. The van der Waals surface area contributed by atoms with Crippen molar-refractivity contribution < 1.29 is 4.21 Å². The first kappa shape index (κ1) is 12.3. The Morgan fingerprint density at radius 3 is 2.62 bits per heavy atom. The Bertz CT molecular complexity index is 362. The molecule has 16 heavy (non-hydrogen) atoms. The van der Waals surface area contributed by atoms with Crippen molar-refractivity contribution >= 4 is 26.7 Å². The molecule has 1 aromatic rings. The van der Waals surface area contributed by atoms with Gasteiger partial charge >= 0.3 is 0 Å². The van der Waals surface area contributed by atoms with Crippen LogP contribution in [0.15, 0.2) is 33.6 Å². The Morgan fingerprint density at radius 2 is 2.00 bits per heavy atom. The van der Waals surface area contributed by atoms with Crippen molar-refractivity contribution in [3.05, 3.63) is 28.7 Å². The Hall–Kier alpha value is -0.190. The molecule has 2 nitrogen and oxygen atoms in total. The van der Waals surface area contributed by atoms with Crippen LogP contribution >= 0.6 is 15.9 Å². The van der Waals surface area contributed by atoms with Gasteiger partial charge in [0.25, 0.3) is 0 Å². The van der Waals surface area contributed by atoms with E-state index in [9.17, 15) is 4.21 Å². The lowest BCUT2D eigenvalue weighted by molar-refractivity contribution is 0.657. The molecule has 1 aliphatic rings. The maximum absolute atomic E-state index is 11.9. The smallest absolute Gasteiger partial charge is 0.0529 e. The van der Waals surface area contributed by atoms with Gasteiger partial charge in [0.05, 0.1) is 10.8 Å². The van der Waals surface area contributed by atoms with Crippen LogP contribution in [0.25, 0.3) is 0 Å². The van der Waals surface area contributed by atoms with Gasteiger partial charge in [-0.15, -0.1) is 0 Å². The highest BCUT2D eigenvalue weighted by Crippen LogP contribution is 2.18. The Kier molecular flexibility index (Phi) is 4.55. The van der Waals surface area contributed by atoms with Gasteiger partial charge in [-0.1, -0.05) is 15.9 Å². The summed E-state index contributed by atoms with van der Waals surface area (Å²) in [5.74, 6) is 0.751. The van der Waals surface area contributed by atoms with Crippen molar-refractivity contribution in [2.24, 2.45) is 0 Å². The SMILES string of the molecule is O=S(CCCNC1CC1)c1ccc(Br)cc1. The third-order valence-corrected chi connectivity index (χ3v) is 4.58. The molecule has 0 aliphatic heterocycles. The second-order valence-corrected chi connectivity index (χ2v) is 6.57. The lowest BCUT2D eigenvalue weighted by Crippen LogP contribution is -2.19. The van der Waals surface area contributed by atoms with E-state index in [1.807, 2.05) is 24.3 Å². The monoisotopic (exact) mass is 301 g/mol. The van der Waals surface area contributed by atoms with E-state index in [2.05, 4.69) is 21.2 Å². The minimum atomic E-state index is -0.847. The molecule has 0 aromatic heterocycles. The zero-order valence-electron chi connectivity index (χ0n) is 9.12. The molecule has 1 saturated carbocycles. The largest absolute Gasteiger partial charge is 0.314 e. The summed E-state index contributed by atoms with van der Waals surface area (Å²) in [4.78, 5) is 0.926. The van der Waals surface area contributed by atoms with Crippen LogP contribution in [-0.2, 0) is 10.8 Å². The van der Waals surface area contributed by atoms with Crippen molar-refractivity contribution in [2.45, 2.75) is 30.2 Å². The van der Waals surface area contributed by atoms with Crippen molar-refractivity contribution in [1.29, 1.82) is 0 Å². The molecule has 0 amide bonds. The number of benzene rings is 1. The number of halogens is 1. The van der Waals surface area contributed by atoms with Crippen LogP contribution in [0.3, 0.4) is 0 Å². The van der Waals surface area contributed by atoms with Gasteiger partial charge in [-0.2, -0.15) is 0 Å². The first-order chi connectivity index (χ1) is 7.75. The normalized spacial score (nSPS) is 17.3. The Balaban J connectivity index is 1.71. The molecule has 0 radical (unpaired) electrons. The average Bonchev–Trinajstić information content (AvgIpc) is 3.09. The fourth-order valence-corrected chi connectivity index (χ4v) is 2.85. The first-order valence-electron chi connectivity index (χ1n) is 5.63. The molecule has 1 fully saturated rings. The van der Waals surface area contributed by atoms with Gasteiger partial charge in [0.1, 0.15) is 0 Å². The van der Waals surface area contributed by atoms with E-state index in [0.29, 0.717) is 0 Å². The van der Waals surface area contributed by atoms with Gasteiger partial charge in [-0.05, 0) is 50.1 Å². The topological polar surface area (TPSA) is 29.1 Å². The average molecular weight is 302 g/mol. The van der Waals surface area contributed by atoms with E-state index in [0.717, 1.165) is 34.1 Å². The summed E-state index contributed by atoms with van der Waals surface area (Å²) >= 11 is 3.37. The van der Waals surface area contributed by atoms with E-state index in [4.69, 9.17) is 0 Å². The molecular formula is C12H16BrNOS. The molecular weight excluding hydrogens is 286 g/mol. The highest BCUT2D eigenvalue weighted by atomic mass is 79.9. The fourth-order valence-electron chi connectivity index (χ4n) is 1.50. The second kappa shape index (κ2) is 5.94. The number of hydrogen-bond acceptors (Lipinski definition) is 2. The van der Waals surface area contributed by atoms with Crippen LogP contribution in [-0.4, -0.2) is 22.5 Å². The minimum Gasteiger partial charge on any atom is -0.314 e. The molecule has 1 N–H and O–H groups in total.